The van der Waals surface area contributed by atoms with Crippen molar-refractivity contribution in [2.24, 2.45) is 0 Å². The van der Waals surface area contributed by atoms with Crippen LogP contribution in [0.5, 0.6) is 0 Å². The van der Waals surface area contributed by atoms with Crippen molar-refractivity contribution in [3.8, 4) is 0 Å². The second-order valence-corrected chi connectivity index (χ2v) is 7.81. The third-order valence-electron chi connectivity index (χ3n) is 3.58. The number of hydrogen-bond donors (Lipinski definition) is 1. The normalized spacial score (nSPS) is 11.4. The summed E-state index contributed by atoms with van der Waals surface area (Å²) in [5.41, 5.74) is -0.637. The first-order valence-corrected chi connectivity index (χ1v) is 9.69. The van der Waals surface area contributed by atoms with Crippen LogP contribution >= 0.6 is 23.2 Å². The number of amides is 1. The van der Waals surface area contributed by atoms with Crippen LogP contribution in [0, 0.1) is 0 Å². The van der Waals surface area contributed by atoms with E-state index in [1.807, 2.05) is 0 Å². The lowest BCUT2D eigenvalue weighted by Crippen LogP contribution is -2.34. The number of carboxylic acids is 1. The Morgan fingerprint density at radius 3 is 2.38 bits per heavy atom. The van der Waals surface area contributed by atoms with Crippen LogP contribution in [-0.4, -0.2) is 53.3 Å². The molecule has 0 spiro atoms. The van der Waals surface area contributed by atoms with Gasteiger partial charge in [-0.15, -0.1) is 0 Å². The highest BCUT2D eigenvalue weighted by Crippen LogP contribution is 2.31. The second kappa shape index (κ2) is 7.65. The zero-order valence-corrected chi connectivity index (χ0v) is 16.1. The number of aromatic nitrogens is 2. The predicted molar refractivity (Wildman–Crippen MR) is 94.8 cm³/mol. The molecule has 0 radical (unpaired) electrons. The largest absolute Gasteiger partial charge is 0.478 e. The van der Waals surface area contributed by atoms with E-state index in [4.69, 9.17) is 23.2 Å². The van der Waals surface area contributed by atoms with Gasteiger partial charge < -0.3 is 10.0 Å². The van der Waals surface area contributed by atoms with Gasteiger partial charge in [0.05, 0.1) is 16.1 Å². The van der Waals surface area contributed by atoms with Crippen molar-refractivity contribution in [3.63, 3.8) is 0 Å². The molecule has 1 aromatic heterocycles. The van der Waals surface area contributed by atoms with Gasteiger partial charge in [0.15, 0.2) is 5.03 Å². The SMILES string of the molecule is CCN(CC)C(=O)n1cc(C(=O)O)c(S(=O)(=O)c2cc(Cl)ccc2Cl)n1. The fourth-order valence-corrected chi connectivity index (χ4v) is 4.33. The van der Waals surface area contributed by atoms with Crippen molar-refractivity contribution in [2.75, 3.05) is 13.1 Å². The van der Waals surface area contributed by atoms with Crippen LogP contribution < -0.4 is 0 Å². The third kappa shape index (κ3) is 3.69. The van der Waals surface area contributed by atoms with Gasteiger partial charge in [-0.25, -0.2) is 18.0 Å². The van der Waals surface area contributed by atoms with E-state index in [9.17, 15) is 23.1 Å². The number of benzene rings is 1. The van der Waals surface area contributed by atoms with Gasteiger partial charge in [0.2, 0.25) is 9.84 Å². The predicted octanol–water partition coefficient (Wildman–Crippen LogP) is 3.03. The maximum absolute atomic E-state index is 12.9. The lowest BCUT2D eigenvalue weighted by molar-refractivity contribution is 0.0692. The molecule has 0 fully saturated rings. The molecule has 0 saturated carbocycles. The molecule has 0 unspecified atom stereocenters. The molecule has 1 N–H and O–H groups in total. The minimum absolute atomic E-state index is 0.100. The number of halogens is 2. The van der Waals surface area contributed by atoms with E-state index in [0.717, 1.165) is 12.3 Å². The van der Waals surface area contributed by atoms with E-state index in [1.165, 1.54) is 17.0 Å². The molecule has 1 amide bonds. The van der Waals surface area contributed by atoms with Gasteiger partial charge in [-0.3, -0.25) is 0 Å². The lowest BCUT2D eigenvalue weighted by atomic mass is 10.4. The summed E-state index contributed by atoms with van der Waals surface area (Å²) in [5.74, 6) is -1.54. The van der Waals surface area contributed by atoms with Gasteiger partial charge in [0.25, 0.3) is 0 Å². The topological polar surface area (TPSA) is 110 Å². The fourth-order valence-electron chi connectivity index (χ4n) is 2.23. The van der Waals surface area contributed by atoms with Crippen molar-refractivity contribution in [1.82, 2.24) is 14.7 Å². The molecule has 2 rings (SSSR count). The number of carbonyl (C=O) groups is 2. The molecule has 8 nitrogen and oxygen atoms in total. The van der Waals surface area contributed by atoms with Crippen molar-refractivity contribution in [1.29, 1.82) is 0 Å². The molecule has 26 heavy (non-hydrogen) atoms. The maximum atomic E-state index is 12.9. The maximum Gasteiger partial charge on any atom is 0.344 e. The van der Waals surface area contributed by atoms with Crippen molar-refractivity contribution < 1.29 is 23.1 Å². The minimum Gasteiger partial charge on any atom is -0.478 e. The summed E-state index contributed by atoms with van der Waals surface area (Å²) in [4.78, 5) is 24.8. The summed E-state index contributed by atoms with van der Waals surface area (Å²) >= 11 is 11.8. The summed E-state index contributed by atoms with van der Waals surface area (Å²) in [6.07, 6.45) is 0.869. The Balaban J connectivity index is 2.67. The molecular formula is C15H15Cl2N3O5S. The number of hydrogen-bond acceptors (Lipinski definition) is 5. The second-order valence-electron chi connectivity index (χ2n) is 5.13. The molecule has 0 aliphatic carbocycles. The van der Waals surface area contributed by atoms with Crippen LogP contribution in [0.3, 0.4) is 0 Å². The first kappa shape index (κ1) is 20.2. The Hall–Kier alpha value is -2.10. The molecule has 0 aliphatic heterocycles. The van der Waals surface area contributed by atoms with E-state index >= 15 is 0 Å². The highest BCUT2D eigenvalue weighted by molar-refractivity contribution is 7.91. The highest BCUT2D eigenvalue weighted by atomic mass is 35.5. The zero-order chi connectivity index (χ0) is 19.6. The highest BCUT2D eigenvalue weighted by Gasteiger charge is 2.32. The van der Waals surface area contributed by atoms with Crippen molar-refractivity contribution in [2.45, 2.75) is 23.8 Å². The average molecular weight is 420 g/mol. The van der Waals surface area contributed by atoms with E-state index in [1.54, 1.807) is 13.8 Å². The molecule has 0 atom stereocenters. The monoisotopic (exact) mass is 419 g/mol. The molecule has 0 saturated heterocycles. The Bertz CT molecular complexity index is 968. The summed E-state index contributed by atoms with van der Waals surface area (Å²) < 4.78 is 26.4. The third-order valence-corrected chi connectivity index (χ3v) is 5.98. The molecular weight excluding hydrogens is 405 g/mol. The smallest absolute Gasteiger partial charge is 0.344 e. The van der Waals surface area contributed by atoms with E-state index in [2.05, 4.69) is 5.10 Å². The first-order valence-electron chi connectivity index (χ1n) is 7.45. The van der Waals surface area contributed by atoms with Crippen LogP contribution in [0.2, 0.25) is 10.0 Å². The Kier molecular flexibility index (Phi) is 5.94. The van der Waals surface area contributed by atoms with Gasteiger partial charge in [-0.2, -0.15) is 9.78 Å². The minimum atomic E-state index is -4.42. The summed E-state index contributed by atoms with van der Waals surface area (Å²) in [6.45, 7) is 4.15. The summed E-state index contributed by atoms with van der Waals surface area (Å²) in [7, 11) is -4.42. The molecule has 2 aromatic rings. The number of nitrogens with zero attached hydrogens (tertiary/aromatic N) is 3. The van der Waals surface area contributed by atoms with E-state index in [0.29, 0.717) is 17.8 Å². The van der Waals surface area contributed by atoms with Crippen LogP contribution in [0.15, 0.2) is 34.3 Å². The molecule has 0 aliphatic rings. The zero-order valence-electron chi connectivity index (χ0n) is 13.8. The first-order chi connectivity index (χ1) is 12.1. The number of aromatic carboxylic acids is 1. The number of sulfone groups is 1. The summed E-state index contributed by atoms with van der Waals surface area (Å²) in [6, 6.07) is 3.12. The molecule has 1 heterocycles. The van der Waals surface area contributed by atoms with E-state index < -0.39 is 37.3 Å². The molecule has 0 bridgehead atoms. The van der Waals surface area contributed by atoms with Gasteiger partial charge in [0.1, 0.15) is 5.56 Å². The number of rotatable bonds is 5. The number of carbonyl (C=O) groups excluding carboxylic acids is 1. The molecule has 140 valence electrons. The fraction of sp³-hybridized carbons (Fsp3) is 0.267. The Labute approximate surface area is 159 Å². The summed E-state index contributed by atoms with van der Waals surface area (Å²) in [5, 5.41) is 12.2. The van der Waals surface area contributed by atoms with Crippen LogP contribution in [0.4, 0.5) is 4.79 Å². The lowest BCUT2D eigenvalue weighted by Gasteiger charge is -2.17. The van der Waals surface area contributed by atoms with Gasteiger partial charge in [-0.05, 0) is 32.0 Å². The van der Waals surface area contributed by atoms with Gasteiger partial charge in [-0.1, -0.05) is 23.2 Å². The van der Waals surface area contributed by atoms with Crippen LogP contribution in [-0.2, 0) is 9.84 Å². The Morgan fingerprint density at radius 2 is 1.85 bits per heavy atom. The van der Waals surface area contributed by atoms with E-state index in [-0.39, 0.29) is 10.0 Å². The molecule has 1 aromatic carbocycles. The standard InChI is InChI=1S/C15H15Cl2N3O5S/c1-3-19(4-2)15(23)20-8-10(14(21)22)13(18-20)26(24,25)12-7-9(16)5-6-11(12)17/h5-8H,3-4H2,1-2H3,(H,21,22). The molecule has 11 heteroatoms. The Morgan fingerprint density at radius 1 is 1.23 bits per heavy atom. The van der Waals surface area contributed by atoms with Crippen molar-refractivity contribution in [3.05, 3.63) is 40.0 Å². The van der Waals surface area contributed by atoms with Crippen molar-refractivity contribution >= 4 is 45.0 Å². The quantitative estimate of drug-likeness (QED) is 0.797. The van der Waals surface area contributed by atoms with Crippen LogP contribution in [0.25, 0.3) is 0 Å². The number of carboxylic acid groups (broad SMARTS) is 1. The van der Waals surface area contributed by atoms with Crippen LogP contribution in [0.1, 0.15) is 24.2 Å². The van der Waals surface area contributed by atoms with Gasteiger partial charge >= 0.3 is 12.0 Å². The average Bonchev–Trinajstić information content (AvgIpc) is 3.04. The van der Waals surface area contributed by atoms with Gasteiger partial charge in [0, 0.05) is 18.1 Å².